The number of hydrogen-bond acceptors (Lipinski definition) is 5. The normalized spacial score (nSPS) is 10.9. The van der Waals surface area contributed by atoms with Crippen molar-refractivity contribution in [2.45, 2.75) is 66.0 Å². The fourth-order valence-corrected chi connectivity index (χ4v) is 0.391. The van der Waals surface area contributed by atoms with Crippen molar-refractivity contribution in [3.63, 3.8) is 0 Å². The average Bonchev–Trinajstić information content (AvgIpc) is 1.99. The zero-order valence-electron chi connectivity index (χ0n) is 12.0. The maximum atomic E-state index is 8.08. The first-order valence-corrected chi connectivity index (χ1v) is 5.89. The van der Waals surface area contributed by atoms with E-state index in [2.05, 4.69) is 13.8 Å². The molecule has 0 heterocycles. The molecular weight excluding hydrogens is 224 g/mol. The lowest BCUT2D eigenvalue weighted by Crippen LogP contribution is -2.15. The molecule has 0 aliphatic heterocycles. The van der Waals surface area contributed by atoms with Crippen molar-refractivity contribution in [1.82, 2.24) is 0 Å². The minimum absolute atomic E-state index is 0.924. The first-order chi connectivity index (χ1) is 7.41. The van der Waals surface area contributed by atoms with Gasteiger partial charge >= 0.3 is 0 Å². The fraction of sp³-hybridized carbons (Fsp3) is 1.00. The maximum absolute atomic E-state index is 8.08. The molecule has 0 rings (SSSR count). The monoisotopic (exact) mass is 254 g/mol. The van der Waals surface area contributed by atoms with Crippen LogP contribution in [-0.2, 0) is 4.74 Å². The van der Waals surface area contributed by atoms with Gasteiger partial charge in [-0.25, -0.2) is 0 Å². The van der Waals surface area contributed by atoms with Gasteiger partial charge in [0.1, 0.15) is 0 Å². The Kier molecular flexibility index (Phi) is 15.9. The van der Waals surface area contributed by atoms with Crippen LogP contribution < -0.4 is 0 Å². The van der Waals surface area contributed by atoms with Crippen LogP contribution in [0, 0.1) is 0 Å². The van der Waals surface area contributed by atoms with Crippen LogP contribution in [0.2, 0.25) is 0 Å². The lowest BCUT2D eigenvalue weighted by Gasteiger charge is -2.03. The topological polar surface area (TPSA) is 90.2 Å². The SMILES string of the molecule is CC(C)(O)O.CC(C)(O)O.CCCOCCC. The van der Waals surface area contributed by atoms with Gasteiger partial charge in [-0.3, -0.25) is 0 Å². The van der Waals surface area contributed by atoms with Crippen molar-refractivity contribution >= 4 is 0 Å². The molecule has 0 radical (unpaired) electrons. The largest absolute Gasteiger partial charge is 0.381 e. The van der Waals surface area contributed by atoms with Crippen LogP contribution in [0.5, 0.6) is 0 Å². The first-order valence-electron chi connectivity index (χ1n) is 5.89. The summed E-state index contributed by atoms with van der Waals surface area (Å²) in [6, 6.07) is 0. The van der Waals surface area contributed by atoms with Crippen molar-refractivity contribution in [2.75, 3.05) is 13.2 Å². The molecular formula is C12H30O5. The summed E-state index contributed by atoms with van der Waals surface area (Å²) in [6.07, 6.45) is 2.28. The third kappa shape index (κ3) is 208. The van der Waals surface area contributed by atoms with Gasteiger partial charge < -0.3 is 25.2 Å². The predicted molar refractivity (Wildman–Crippen MR) is 68.4 cm³/mol. The van der Waals surface area contributed by atoms with Gasteiger partial charge in [0.2, 0.25) is 0 Å². The van der Waals surface area contributed by atoms with Crippen LogP contribution in [0.4, 0.5) is 0 Å². The summed E-state index contributed by atoms with van der Waals surface area (Å²) < 4.78 is 5.13. The second kappa shape index (κ2) is 12.3. The van der Waals surface area contributed by atoms with E-state index in [-0.39, 0.29) is 0 Å². The maximum Gasteiger partial charge on any atom is 0.156 e. The van der Waals surface area contributed by atoms with Gasteiger partial charge in [0, 0.05) is 13.2 Å². The van der Waals surface area contributed by atoms with Gasteiger partial charge in [-0.1, -0.05) is 13.8 Å². The zero-order valence-corrected chi connectivity index (χ0v) is 12.0. The molecule has 4 N–H and O–H groups in total. The average molecular weight is 254 g/mol. The Morgan fingerprint density at radius 2 is 0.882 bits per heavy atom. The van der Waals surface area contributed by atoms with E-state index in [0.717, 1.165) is 26.1 Å². The summed E-state index contributed by atoms with van der Waals surface area (Å²) in [5.74, 6) is -3.00. The molecule has 0 aromatic rings. The van der Waals surface area contributed by atoms with Crippen LogP contribution in [0.3, 0.4) is 0 Å². The van der Waals surface area contributed by atoms with Gasteiger partial charge in [-0.2, -0.15) is 0 Å². The summed E-state index contributed by atoms with van der Waals surface area (Å²) in [6.45, 7) is 11.3. The molecule has 0 aliphatic rings. The van der Waals surface area contributed by atoms with E-state index in [1.165, 1.54) is 27.7 Å². The smallest absolute Gasteiger partial charge is 0.156 e. The molecule has 0 saturated heterocycles. The molecule has 0 saturated carbocycles. The van der Waals surface area contributed by atoms with Crippen LogP contribution in [0.15, 0.2) is 0 Å². The summed E-state index contributed by atoms with van der Waals surface area (Å²) in [4.78, 5) is 0. The lowest BCUT2D eigenvalue weighted by molar-refractivity contribution is -0.128. The van der Waals surface area contributed by atoms with Crippen LogP contribution >= 0.6 is 0 Å². The second-order valence-electron chi connectivity index (χ2n) is 4.60. The molecule has 0 aromatic carbocycles. The van der Waals surface area contributed by atoms with Crippen molar-refractivity contribution in [2.24, 2.45) is 0 Å². The van der Waals surface area contributed by atoms with Gasteiger partial charge in [-0.05, 0) is 40.5 Å². The molecule has 0 amide bonds. The van der Waals surface area contributed by atoms with E-state index in [4.69, 9.17) is 25.2 Å². The molecule has 0 atom stereocenters. The summed E-state index contributed by atoms with van der Waals surface area (Å²) in [5, 5.41) is 32.3. The third-order valence-corrected chi connectivity index (χ3v) is 0.697. The number of ether oxygens (including phenoxy) is 1. The van der Waals surface area contributed by atoms with E-state index >= 15 is 0 Å². The second-order valence-corrected chi connectivity index (χ2v) is 4.60. The molecule has 108 valence electrons. The molecule has 0 aliphatic carbocycles. The highest BCUT2D eigenvalue weighted by Crippen LogP contribution is 1.88. The van der Waals surface area contributed by atoms with Crippen molar-refractivity contribution in [1.29, 1.82) is 0 Å². The Morgan fingerprint density at radius 3 is 1.00 bits per heavy atom. The highest BCUT2D eigenvalue weighted by molar-refractivity contribution is 4.37. The zero-order chi connectivity index (χ0) is 14.5. The Balaban J connectivity index is -0.000000177. The lowest BCUT2D eigenvalue weighted by atomic mass is 10.4. The Hall–Kier alpha value is -0.200. The van der Waals surface area contributed by atoms with E-state index in [1.54, 1.807) is 0 Å². The van der Waals surface area contributed by atoms with Crippen LogP contribution in [0.1, 0.15) is 54.4 Å². The molecule has 17 heavy (non-hydrogen) atoms. The third-order valence-electron chi connectivity index (χ3n) is 0.697. The van der Waals surface area contributed by atoms with Crippen molar-refractivity contribution < 1.29 is 25.2 Å². The van der Waals surface area contributed by atoms with E-state index in [9.17, 15) is 0 Å². The van der Waals surface area contributed by atoms with Gasteiger partial charge in [0.25, 0.3) is 0 Å². The van der Waals surface area contributed by atoms with E-state index in [0.29, 0.717) is 0 Å². The van der Waals surface area contributed by atoms with Gasteiger partial charge in [0.15, 0.2) is 11.6 Å². The molecule has 5 nitrogen and oxygen atoms in total. The highest BCUT2D eigenvalue weighted by Gasteiger charge is 2.00. The predicted octanol–water partition coefficient (Wildman–Crippen LogP) is 1.24. The molecule has 0 bridgehead atoms. The Labute approximate surface area is 105 Å². The quantitative estimate of drug-likeness (QED) is 0.447. The molecule has 0 unspecified atom stereocenters. The summed E-state index contributed by atoms with van der Waals surface area (Å²) in [7, 11) is 0. The molecule has 0 spiro atoms. The highest BCUT2D eigenvalue weighted by atomic mass is 16.5. The number of hydrogen-bond donors (Lipinski definition) is 4. The first kappa shape index (κ1) is 22.0. The standard InChI is InChI=1S/C6H14O.2C3H8O2/c1-3-5-7-6-4-2;2*1-3(2,4)5/h3-6H2,1-2H3;2*4-5H,1-2H3. The molecule has 5 heteroatoms. The van der Waals surface area contributed by atoms with Gasteiger partial charge in [0.05, 0.1) is 0 Å². The number of aliphatic hydroxyl groups is 4. The fourth-order valence-electron chi connectivity index (χ4n) is 0.391. The minimum atomic E-state index is -1.50. The Bertz CT molecular complexity index is 107. The number of rotatable bonds is 4. The van der Waals surface area contributed by atoms with Crippen LogP contribution in [0.25, 0.3) is 0 Å². The van der Waals surface area contributed by atoms with Gasteiger partial charge in [-0.15, -0.1) is 0 Å². The summed E-state index contributed by atoms with van der Waals surface area (Å²) in [5.41, 5.74) is 0. The Morgan fingerprint density at radius 1 is 0.706 bits per heavy atom. The summed E-state index contributed by atoms with van der Waals surface area (Å²) >= 11 is 0. The molecule has 0 fully saturated rings. The van der Waals surface area contributed by atoms with E-state index in [1.807, 2.05) is 0 Å². The van der Waals surface area contributed by atoms with Crippen LogP contribution in [-0.4, -0.2) is 45.2 Å². The molecule has 0 aromatic heterocycles. The van der Waals surface area contributed by atoms with Crippen molar-refractivity contribution in [3.05, 3.63) is 0 Å². The van der Waals surface area contributed by atoms with Crippen molar-refractivity contribution in [3.8, 4) is 0 Å². The minimum Gasteiger partial charge on any atom is -0.381 e. The van der Waals surface area contributed by atoms with E-state index < -0.39 is 11.6 Å².